The average Bonchev–Trinajstić information content (AvgIpc) is 2.95. The predicted molar refractivity (Wildman–Crippen MR) is 89.1 cm³/mol. The first-order chi connectivity index (χ1) is 10.2. The lowest BCUT2D eigenvalue weighted by molar-refractivity contribution is 0.471. The highest BCUT2D eigenvalue weighted by atomic mass is 35.5. The molecule has 3 nitrogen and oxygen atoms in total. The van der Waals surface area contributed by atoms with E-state index in [9.17, 15) is 0 Å². The molecule has 0 aliphatic rings. The van der Waals surface area contributed by atoms with E-state index in [0.29, 0.717) is 12.0 Å². The van der Waals surface area contributed by atoms with Crippen LogP contribution in [0.3, 0.4) is 0 Å². The summed E-state index contributed by atoms with van der Waals surface area (Å²) in [5.41, 5.74) is 2.31. The van der Waals surface area contributed by atoms with Crippen LogP contribution in [-0.4, -0.2) is 23.4 Å². The lowest BCUT2D eigenvalue weighted by Gasteiger charge is -2.17. The molecule has 1 aromatic heterocycles. The quantitative estimate of drug-likeness (QED) is 0.836. The van der Waals surface area contributed by atoms with Gasteiger partial charge < -0.3 is 5.32 Å². The van der Waals surface area contributed by atoms with Crippen molar-refractivity contribution in [3.63, 3.8) is 0 Å². The van der Waals surface area contributed by atoms with Gasteiger partial charge in [0.05, 0.1) is 5.69 Å². The molecular formula is C17H24ClN3. The van der Waals surface area contributed by atoms with E-state index in [1.165, 1.54) is 5.56 Å². The zero-order valence-electron chi connectivity index (χ0n) is 13.0. The summed E-state index contributed by atoms with van der Waals surface area (Å²) in [6.07, 6.45) is 4.06. The molecule has 0 saturated carbocycles. The number of likely N-dealkylation sites (N-methyl/N-ethyl adjacent to an activating group) is 1. The molecule has 0 bridgehead atoms. The number of hydrogen-bond acceptors (Lipinski definition) is 2. The number of nitrogens with zero attached hydrogens (tertiary/aromatic N) is 2. The minimum Gasteiger partial charge on any atom is -0.319 e. The van der Waals surface area contributed by atoms with Crippen LogP contribution in [0.15, 0.2) is 36.5 Å². The Labute approximate surface area is 132 Å². The molecule has 2 atom stereocenters. The number of aromatic nitrogens is 2. The molecule has 21 heavy (non-hydrogen) atoms. The maximum atomic E-state index is 6.35. The van der Waals surface area contributed by atoms with Crippen LogP contribution in [0.4, 0.5) is 0 Å². The second-order valence-corrected chi connectivity index (χ2v) is 5.93. The first kappa shape index (κ1) is 16.1. The van der Waals surface area contributed by atoms with Crippen molar-refractivity contribution < 1.29 is 0 Å². The van der Waals surface area contributed by atoms with Crippen molar-refractivity contribution in [2.24, 2.45) is 0 Å². The van der Waals surface area contributed by atoms with Crippen molar-refractivity contribution in [2.45, 2.75) is 38.6 Å². The van der Waals surface area contributed by atoms with Crippen molar-refractivity contribution in [2.75, 3.05) is 13.6 Å². The third-order valence-corrected chi connectivity index (χ3v) is 4.30. The van der Waals surface area contributed by atoms with E-state index in [2.05, 4.69) is 42.2 Å². The van der Waals surface area contributed by atoms with Crippen molar-refractivity contribution in [1.82, 2.24) is 15.1 Å². The third kappa shape index (κ3) is 4.08. The maximum Gasteiger partial charge on any atom is 0.0631 e. The van der Waals surface area contributed by atoms with Gasteiger partial charge in [0.1, 0.15) is 0 Å². The molecule has 0 amide bonds. The molecule has 4 heteroatoms. The monoisotopic (exact) mass is 305 g/mol. The molecule has 0 aliphatic heterocycles. The van der Waals surface area contributed by atoms with Crippen LogP contribution in [-0.2, 0) is 6.42 Å². The highest BCUT2D eigenvalue weighted by Crippen LogP contribution is 2.27. The van der Waals surface area contributed by atoms with Crippen molar-refractivity contribution in [3.05, 3.63) is 52.8 Å². The van der Waals surface area contributed by atoms with Crippen LogP contribution < -0.4 is 5.32 Å². The van der Waals surface area contributed by atoms with E-state index < -0.39 is 0 Å². The predicted octanol–water partition coefficient (Wildman–Crippen LogP) is 4.05. The molecule has 0 fully saturated rings. The zero-order chi connectivity index (χ0) is 15.2. The van der Waals surface area contributed by atoms with Gasteiger partial charge in [-0.25, -0.2) is 0 Å². The Morgan fingerprint density at radius 3 is 2.71 bits per heavy atom. The Balaban J connectivity index is 2.17. The lowest BCUT2D eigenvalue weighted by atomic mass is 9.94. The van der Waals surface area contributed by atoms with Gasteiger partial charge in [-0.1, -0.05) is 36.7 Å². The van der Waals surface area contributed by atoms with E-state index in [1.54, 1.807) is 0 Å². The van der Waals surface area contributed by atoms with E-state index in [1.807, 2.05) is 25.2 Å². The highest BCUT2D eigenvalue weighted by molar-refractivity contribution is 6.31. The summed E-state index contributed by atoms with van der Waals surface area (Å²) in [4.78, 5) is 0. The summed E-state index contributed by atoms with van der Waals surface area (Å²) in [6.45, 7) is 5.26. The van der Waals surface area contributed by atoms with Gasteiger partial charge in [0, 0.05) is 29.7 Å². The van der Waals surface area contributed by atoms with Gasteiger partial charge >= 0.3 is 0 Å². The lowest BCUT2D eigenvalue weighted by Crippen LogP contribution is -2.20. The molecule has 0 spiro atoms. The molecule has 1 heterocycles. The summed E-state index contributed by atoms with van der Waals surface area (Å²) in [5, 5.41) is 8.80. The molecule has 2 rings (SSSR count). The van der Waals surface area contributed by atoms with E-state index in [-0.39, 0.29) is 0 Å². The molecule has 1 N–H and O–H groups in total. The molecule has 0 radical (unpaired) electrons. The fourth-order valence-electron chi connectivity index (χ4n) is 2.52. The van der Waals surface area contributed by atoms with Gasteiger partial charge in [-0.05, 0) is 44.5 Å². The Bertz CT molecular complexity index is 565. The average molecular weight is 306 g/mol. The summed E-state index contributed by atoms with van der Waals surface area (Å²) < 4.78 is 2.05. The number of benzene rings is 1. The van der Waals surface area contributed by atoms with Crippen LogP contribution in [0, 0.1) is 0 Å². The number of nitrogens with one attached hydrogen (secondary N) is 1. The normalized spacial score (nSPS) is 14.1. The van der Waals surface area contributed by atoms with E-state index in [0.717, 1.165) is 30.1 Å². The smallest absolute Gasteiger partial charge is 0.0631 e. The standard InChI is InChI=1S/C17H24ClN3/c1-4-13(2)21-10-9-15(20-21)11-14(12-19-3)16-7-5-6-8-17(16)18/h5-10,13-14,19H,4,11-12H2,1-3H3. The van der Waals surface area contributed by atoms with Gasteiger partial charge in [0.2, 0.25) is 0 Å². The van der Waals surface area contributed by atoms with Crippen molar-refractivity contribution in [3.8, 4) is 0 Å². The number of rotatable bonds is 7. The van der Waals surface area contributed by atoms with Crippen LogP contribution in [0.1, 0.15) is 43.5 Å². The second kappa shape index (κ2) is 7.62. The summed E-state index contributed by atoms with van der Waals surface area (Å²) in [6, 6.07) is 10.6. The van der Waals surface area contributed by atoms with Crippen LogP contribution >= 0.6 is 11.6 Å². The van der Waals surface area contributed by atoms with Crippen molar-refractivity contribution in [1.29, 1.82) is 0 Å². The molecule has 2 aromatic rings. The van der Waals surface area contributed by atoms with Gasteiger partial charge in [-0.2, -0.15) is 5.10 Å². The van der Waals surface area contributed by atoms with Crippen LogP contribution in [0.2, 0.25) is 5.02 Å². The third-order valence-electron chi connectivity index (χ3n) is 3.96. The molecule has 2 unspecified atom stereocenters. The Morgan fingerprint density at radius 1 is 1.29 bits per heavy atom. The number of hydrogen-bond donors (Lipinski definition) is 1. The first-order valence-corrected chi connectivity index (χ1v) is 7.96. The molecular weight excluding hydrogens is 282 g/mol. The summed E-state index contributed by atoms with van der Waals surface area (Å²) >= 11 is 6.35. The molecule has 1 aromatic carbocycles. The fraction of sp³-hybridized carbons (Fsp3) is 0.471. The topological polar surface area (TPSA) is 29.9 Å². The number of halogens is 1. The van der Waals surface area contributed by atoms with E-state index in [4.69, 9.17) is 16.7 Å². The Kier molecular flexibility index (Phi) is 5.83. The first-order valence-electron chi connectivity index (χ1n) is 7.58. The highest BCUT2D eigenvalue weighted by Gasteiger charge is 2.16. The molecule has 0 aliphatic carbocycles. The van der Waals surface area contributed by atoms with Crippen LogP contribution in [0.25, 0.3) is 0 Å². The van der Waals surface area contributed by atoms with Gasteiger partial charge in [-0.15, -0.1) is 0 Å². The molecule has 114 valence electrons. The molecule has 0 saturated heterocycles. The largest absolute Gasteiger partial charge is 0.319 e. The second-order valence-electron chi connectivity index (χ2n) is 5.52. The minimum atomic E-state index is 0.337. The summed E-state index contributed by atoms with van der Waals surface area (Å²) in [5.74, 6) is 0.337. The maximum absolute atomic E-state index is 6.35. The van der Waals surface area contributed by atoms with Crippen LogP contribution in [0.5, 0.6) is 0 Å². The Hall–Kier alpha value is -1.32. The zero-order valence-corrected chi connectivity index (χ0v) is 13.8. The van der Waals surface area contributed by atoms with Gasteiger partial charge in [0.15, 0.2) is 0 Å². The van der Waals surface area contributed by atoms with E-state index >= 15 is 0 Å². The summed E-state index contributed by atoms with van der Waals surface area (Å²) in [7, 11) is 1.97. The van der Waals surface area contributed by atoms with Gasteiger partial charge in [-0.3, -0.25) is 4.68 Å². The SMILES string of the molecule is CCC(C)n1ccc(CC(CNC)c2ccccc2Cl)n1. The Morgan fingerprint density at radius 2 is 2.05 bits per heavy atom. The van der Waals surface area contributed by atoms with Gasteiger partial charge in [0.25, 0.3) is 0 Å². The fourth-order valence-corrected chi connectivity index (χ4v) is 2.81. The minimum absolute atomic E-state index is 0.337. The van der Waals surface area contributed by atoms with Crippen molar-refractivity contribution >= 4 is 11.6 Å².